The second kappa shape index (κ2) is 10.5. The molecule has 1 unspecified atom stereocenters. The second-order valence-electron chi connectivity index (χ2n) is 9.41. The fourth-order valence-electron chi connectivity index (χ4n) is 4.99. The van der Waals surface area contributed by atoms with E-state index < -0.39 is 17.7 Å². The van der Waals surface area contributed by atoms with Crippen LogP contribution in [0.25, 0.3) is 5.76 Å². The maximum absolute atomic E-state index is 13.5. The average Bonchev–Trinajstić information content (AvgIpc) is 3.16. The van der Waals surface area contributed by atoms with E-state index in [0.717, 1.165) is 41.0 Å². The lowest BCUT2D eigenvalue weighted by molar-refractivity contribution is -0.132. The van der Waals surface area contributed by atoms with E-state index in [1.165, 1.54) is 4.90 Å². The molecule has 37 heavy (non-hydrogen) atoms. The van der Waals surface area contributed by atoms with Gasteiger partial charge in [0.1, 0.15) is 11.5 Å². The van der Waals surface area contributed by atoms with Crippen molar-refractivity contribution in [1.82, 2.24) is 0 Å². The lowest BCUT2D eigenvalue weighted by Gasteiger charge is -2.27. The highest BCUT2D eigenvalue weighted by molar-refractivity contribution is 6.51. The van der Waals surface area contributed by atoms with Crippen molar-refractivity contribution in [3.63, 3.8) is 0 Å². The summed E-state index contributed by atoms with van der Waals surface area (Å²) in [7, 11) is 1.59. The van der Waals surface area contributed by atoms with E-state index in [1.54, 1.807) is 13.2 Å². The number of rotatable bonds is 7. The highest BCUT2D eigenvalue weighted by Gasteiger charge is 2.47. The molecule has 0 saturated carbocycles. The standard InChI is InChI=1S/C31H34N2O4/c1-7-32(8-2)23-15-11-22(12-16-23)28-27(29(34)25-17-21(5)26(37-6)18-20(25)4)30(35)31(36)33(28)24-13-9-19(3)10-14-24/h9-18,28,34H,7-8H2,1-6H3/b29-27+. The highest BCUT2D eigenvalue weighted by atomic mass is 16.5. The number of nitrogens with zero attached hydrogens (tertiary/aromatic N) is 2. The summed E-state index contributed by atoms with van der Waals surface area (Å²) in [6, 6.07) is 18.2. The van der Waals surface area contributed by atoms with Crippen LogP contribution in [-0.4, -0.2) is 37.0 Å². The number of aryl methyl sites for hydroxylation is 3. The summed E-state index contributed by atoms with van der Waals surface area (Å²) < 4.78 is 5.42. The van der Waals surface area contributed by atoms with Crippen molar-refractivity contribution in [3.05, 3.63) is 94.1 Å². The summed E-state index contributed by atoms with van der Waals surface area (Å²) in [6.45, 7) is 11.6. The molecule has 3 aromatic carbocycles. The largest absolute Gasteiger partial charge is 0.507 e. The van der Waals surface area contributed by atoms with Crippen molar-refractivity contribution in [1.29, 1.82) is 0 Å². The number of carbonyl (C=O) groups is 2. The van der Waals surface area contributed by atoms with E-state index in [-0.39, 0.29) is 11.3 Å². The molecule has 1 aliphatic rings. The molecule has 0 aromatic heterocycles. The average molecular weight is 499 g/mol. The van der Waals surface area contributed by atoms with Gasteiger partial charge in [-0.05, 0) is 87.7 Å². The zero-order valence-corrected chi connectivity index (χ0v) is 22.3. The summed E-state index contributed by atoms with van der Waals surface area (Å²) >= 11 is 0. The Bertz CT molecular complexity index is 1350. The van der Waals surface area contributed by atoms with Crippen LogP contribution >= 0.6 is 0 Å². The summed E-state index contributed by atoms with van der Waals surface area (Å²) in [5.41, 5.74) is 5.61. The normalized spacial score (nSPS) is 16.8. The van der Waals surface area contributed by atoms with Crippen molar-refractivity contribution in [2.45, 2.75) is 40.7 Å². The molecule has 0 spiro atoms. The third-order valence-electron chi connectivity index (χ3n) is 7.09. The smallest absolute Gasteiger partial charge is 0.300 e. The molecule has 192 valence electrons. The van der Waals surface area contributed by atoms with Crippen LogP contribution in [-0.2, 0) is 9.59 Å². The van der Waals surface area contributed by atoms with Crippen molar-refractivity contribution in [2.24, 2.45) is 0 Å². The number of aliphatic hydroxyl groups excluding tert-OH is 1. The van der Waals surface area contributed by atoms with E-state index in [4.69, 9.17) is 4.74 Å². The number of Topliss-reactive ketones (excluding diaryl/α,β-unsaturated/α-hetero) is 1. The molecule has 1 N–H and O–H groups in total. The molecular weight excluding hydrogens is 464 g/mol. The van der Waals surface area contributed by atoms with Crippen LogP contribution in [0.2, 0.25) is 0 Å². The van der Waals surface area contributed by atoms with Crippen LogP contribution < -0.4 is 14.5 Å². The van der Waals surface area contributed by atoms with Gasteiger partial charge >= 0.3 is 0 Å². The molecule has 1 saturated heterocycles. The van der Waals surface area contributed by atoms with Crippen LogP contribution in [0.15, 0.2) is 66.2 Å². The maximum atomic E-state index is 13.5. The van der Waals surface area contributed by atoms with E-state index in [1.807, 2.05) is 75.4 Å². The van der Waals surface area contributed by atoms with Crippen LogP contribution in [0.4, 0.5) is 11.4 Å². The minimum Gasteiger partial charge on any atom is -0.507 e. The first-order valence-electron chi connectivity index (χ1n) is 12.6. The highest BCUT2D eigenvalue weighted by Crippen LogP contribution is 2.43. The van der Waals surface area contributed by atoms with Crippen LogP contribution in [0.5, 0.6) is 5.75 Å². The van der Waals surface area contributed by atoms with Gasteiger partial charge in [0.25, 0.3) is 11.7 Å². The van der Waals surface area contributed by atoms with Gasteiger partial charge in [-0.25, -0.2) is 0 Å². The molecule has 6 heteroatoms. The first-order valence-corrected chi connectivity index (χ1v) is 12.6. The van der Waals surface area contributed by atoms with Crippen LogP contribution in [0.3, 0.4) is 0 Å². The van der Waals surface area contributed by atoms with Gasteiger partial charge in [0.05, 0.1) is 18.7 Å². The second-order valence-corrected chi connectivity index (χ2v) is 9.41. The number of aliphatic hydroxyl groups is 1. The quantitative estimate of drug-likeness (QED) is 0.242. The number of benzene rings is 3. The molecule has 1 fully saturated rings. The van der Waals surface area contributed by atoms with Gasteiger partial charge in [-0.15, -0.1) is 0 Å². The zero-order valence-electron chi connectivity index (χ0n) is 22.3. The predicted molar refractivity (Wildman–Crippen MR) is 148 cm³/mol. The van der Waals surface area contributed by atoms with Gasteiger partial charge in [0.15, 0.2) is 0 Å². The minimum absolute atomic E-state index is 0.0776. The molecule has 1 aliphatic heterocycles. The topological polar surface area (TPSA) is 70.1 Å². The van der Waals surface area contributed by atoms with Crippen molar-refractivity contribution < 1.29 is 19.4 Å². The van der Waals surface area contributed by atoms with Crippen molar-refractivity contribution in [2.75, 3.05) is 30.0 Å². The molecule has 0 radical (unpaired) electrons. The van der Waals surface area contributed by atoms with Gasteiger partial charge in [0, 0.05) is 30.0 Å². The van der Waals surface area contributed by atoms with Gasteiger partial charge in [-0.2, -0.15) is 0 Å². The monoisotopic (exact) mass is 498 g/mol. The first-order chi connectivity index (χ1) is 17.7. The summed E-state index contributed by atoms with van der Waals surface area (Å²) in [5, 5.41) is 11.6. The number of hydrogen-bond acceptors (Lipinski definition) is 5. The van der Waals surface area contributed by atoms with Gasteiger partial charge in [0.2, 0.25) is 0 Å². The summed E-state index contributed by atoms with van der Waals surface area (Å²) in [5.74, 6) is -0.860. The van der Waals surface area contributed by atoms with Crippen molar-refractivity contribution in [3.8, 4) is 5.75 Å². The number of anilines is 2. The molecule has 6 nitrogen and oxygen atoms in total. The molecule has 1 atom stereocenters. The molecule has 1 amide bonds. The van der Waals surface area contributed by atoms with Crippen LogP contribution in [0.1, 0.15) is 47.7 Å². The molecule has 0 aliphatic carbocycles. The Balaban J connectivity index is 1.93. The molecule has 3 aromatic rings. The number of hydrogen-bond donors (Lipinski definition) is 1. The molecule has 1 heterocycles. The Kier molecular flexibility index (Phi) is 7.39. The third kappa shape index (κ3) is 4.71. The van der Waals surface area contributed by atoms with E-state index in [9.17, 15) is 14.7 Å². The lowest BCUT2D eigenvalue weighted by atomic mass is 9.92. The number of amides is 1. The fourth-order valence-corrected chi connectivity index (χ4v) is 4.99. The Morgan fingerprint density at radius 3 is 2.11 bits per heavy atom. The Morgan fingerprint density at radius 2 is 1.54 bits per heavy atom. The summed E-state index contributed by atoms with van der Waals surface area (Å²) in [6.07, 6.45) is 0. The number of ether oxygens (including phenoxy) is 1. The van der Waals surface area contributed by atoms with Crippen LogP contribution in [0, 0.1) is 20.8 Å². The minimum atomic E-state index is -0.768. The zero-order chi connectivity index (χ0) is 26.9. The van der Waals surface area contributed by atoms with Crippen molar-refractivity contribution >= 4 is 28.8 Å². The third-order valence-corrected chi connectivity index (χ3v) is 7.09. The maximum Gasteiger partial charge on any atom is 0.300 e. The summed E-state index contributed by atoms with van der Waals surface area (Å²) in [4.78, 5) is 30.7. The van der Waals surface area contributed by atoms with Gasteiger partial charge in [-0.3, -0.25) is 14.5 Å². The molecule has 0 bridgehead atoms. The number of methoxy groups -OCH3 is 1. The predicted octanol–water partition coefficient (Wildman–Crippen LogP) is 6.09. The Hall–Kier alpha value is -4.06. The molecular formula is C31H34N2O4. The van der Waals surface area contributed by atoms with Gasteiger partial charge < -0.3 is 14.7 Å². The fraction of sp³-hybridized carbons (Fsp3) is 0.290. The number of ketones is 1. The number of carbonyl (C=O) groups excluding carboxylic acids is 2. The van der Waals surface area contributed by atoms with Gasteiger partial charge in [-0.1, -0.05) is 29.8 Å². The Labute approximate surface area is 218 Å². The van der Waals surface area contributed by atoms with E-state index >= 15 is 0 Å². The van der Waals surface area contributed by atoms with E-state index in [2.05, 4.69) is 18.7 Å². The Morgan fingerprint density at radius 1 is 0.919 bits per heavy atom. The first kappa shape index (κ1) is 26.0. The van der Waals surface area contributed by atoms with E-state index in [0.29, 0.717) is 17.0 Å². The molecule has 4 rings (SSSR count). The lowest BCUT2D eigenvalue weighted by Crippen LogP contribution is -2.29. The SMILES string of the molecule is CCN(CC)c1ccc(C2/C(=C(\O)c3cc(C)c(OC)cc3C)C(=O)C(=O)N2c2ccc(C)cc2)cc1.